The van der Waals surface area contributed by atoms with Gasteiger partial charge in [-0.2, -0.15) is 0 Å². The Morgan fingerprint density at radius 1 is 1.08 bits per heavy atom. The van der Waals surface area contributed by atoms with E-state index in [1.165, 1.54) is 22.9 Å². The highest BCUT2D eigenvalue weighted by Crippen LogP contribution is 2.31. The summed E-state index contributed by atoms with van der Waals surface area (Å²) in [5, 5.41) is 3.35. The number of rotatable bonds is 2. The van der Waals surface area contributed by atoms with Crippen LogP contribution in [0.5, 0.6) is 0 Å². The van der Waals surface area contributed by atoms with E-state index >= 15 is 0 Å². The lowest BCUT2D eigenvalue weighted by Crippen LogP contribution is -2.45. The molecule has 2 aliphatic rings. The molecule has 2 saturated heterocycles. The number of likely N-dealkylation sites (tertiary alicyclic amines) is 1. The molecule has 0 radical (unpaired) electrons. The van der Waals surface area contributed by atoms with E-state index in [1.807, 2.05) is 6.20 Å². The molecule has 1 atom stereocenters. The Kier molecular flexibility index (Phi) is 4.69. The molecule has 0 aromatic carbocycles. The minimum absolute atomic E-state index is 0.132. The molecule has 2 aromatic heterocycles. The molecule has 0 N–H and O–H groups in total. The topological polar surface area (TPSA) is 36.4 Å². The van der Waals surface area contributed by atoms with Gasteiger partial charge >= 0.3 is 0 Å². The van der Waals surface area contributed by atoms with Gasteiger partial charge in [-0.25, -0.2) is 4.98 Å². The highest BCUT2D eigenvalue weighted by atomic mass is 32.1. The molecule has 4 nitrogen and oxygen atoms in total. The van der Waals surface area contributed by atoms with Crippen LogP contribution in [0.1, 0.15) is 38.5 Å². The van der Waals surface area contributed by atoms with E-state index in [0.717, 1.165) is 57.7 Å². The molecule has 2 aromatic rings. The maximum absolute atomic E-state index is 13.0. The lowest BCUT2D eigenvalue weighted by Gasteiger charge is -2.35. The van der Waals surface area contributed by atoms with Crippen molar-refractivity contribution in [2.75, 3.05) is 31.1 Å². The summed E-state index contributed by atoms with van der Waals surface area (Å²) in [6, 6.07) is 4.23. The third-order valence-electron chi connectivity index (χ3n) is 5.35. The predicted octanol–water partition coefficient (Wildman–Crippen LogP) is 3.92. The number of hydrogen-bond acceptors (Lipinski definition) is 4. The van der Waals surface area contributed by atoms with Crippen LogP contribution in [0.3, 0.4) is 0 Å². The first kappa shape index (κ1) is 15.9. The largest absolute Gasteiger partial charge is 0.355 e. The molecule has 1 unspecified atom stereocenters. The summed E-state index contributed by atoms with van der Waals surface area (Å²) >= 11 is 1.76. The number of piperidine rings is 1. The van der Waals surface area contributed by atoms with E-state index in [4.69, 9.17) is 0 Å². The summed E-state index contributed by atoms with van der Waals surface area (Å²) in [5.41, 5.74) is 0. The lowest BCUT2D eigenvalue weighted by atomic mass is 9.96. The van der Waals surface area contributed by atoms with Crippen LogP contribution in [0.2, 0.25) is 0 Å². The van der Waals surface area contributed by atoms with Crippen molar-refractivity contribution >= 4 is 33.1 Å². The highest BCUT2D eigenvalue weighted by Gasteiger charge is 2.30. The number of pyridine rings is 1. The van der Waals surface area contributed by atoms with Gasteiger partial charge in [0.1, 0.15) is 5.82 Å². The molecule has 2 aliphatic heterocycles. The van der Waals surface area contributed by atoms with Gasteiger partial charge in [0.2, 0.25) is 5.91 Å². The number of nitrogens with zero attached hydrogens (tertiary/aromatic N) is 3. The second-order valence-electron chi connectivity index (χ2n) is 6.99. The van der Waals surface area contributed by atoms with Crippen molar-refractivity contribution in [1.29, 1.82) is 0 Å². The quantitative estimate of drug-likeness (QED) is 0.829. The van der Waals surface area contributed by atoms with Gasteiger partial charge in [-0.15, -0.1) is 11.3 Å². The monoisotopic (exact) mass is 343 g/mol. The van der Waals surface area contributed by atoms with Crippen LogP contribution < -0.4 is 4.90 Å². The van der Waals surface area contributed by atoms with Crippen LogP contribution in [-0.4, -0.2) is 42.0 Å². The predicted molar refractivity (Wildman–Crippen MR) is 99.6 cm³/mol. The van der Waals surface area contributed by atoms with Crippen molar-refractivity contribution < 1.29 is 4.79 Å². The summed E-state index contributed by atoms with van der Waals surface area (Å²) in [5.74, 6) is 1.56. The fourth-order valence-electron chi connectivity index (χ4n) is 4.05. The van der Waals surface area contributed by atoms with Crippen molar-refractivity contribution in [2.45, 2.75) is 38.5 Å². The van der Waals surface area contributed by atoms with Crippen molar-refractivity contribution in [3.05, 3.63) is 23.7 Å². The van der Waals surface area contributed by atoms with Gasteiger partial charge in [0.05, 0.1) is 5.92 Å². The maximum atomic E-state index is 13.0. The lowest BCUT2D eigenvalue weighted by molar-refractivity contribution is -0.135. The van der Waals surface area contributed by atoms with Crippen LogP contribution in [-0.2, 0) is 4.79 Å². The van der Waals surface area contributed by atoms with Crippen LogP contribution in [0.15, 0.2) is 23.7 Å². The number of anilines is 1. The molecule has 0 spiro atoms. The zero-order chi connectivity index (χ0) is 16.4. The highest BCUT2D eigenvalue weighted by molar-refractivity contribution is 7.17. The number of thiophene rings is 1. The van der Waals surface area contributed by atoms with Crippen molar-refractivity contribution in [2.24, 2.45) is 5.92 Å². The zero-order valence-electron chi connectivity index (χ0n) is 14.1. The fraction of sp³-hybridized carbons (Fsp3) is 0.579. The van der Waals surface area contributed by atoms with E-state index in [2.05, 4.69) is 32.3 Å². The van der Waals surface area contributed by atoms with Gasteiger partial charge in [-0.3, -0.25) is 4.79 Å². The average molecular weight is 343 g/mol. The minimum Gasteiger partial charge on any atom is -0.355 e. The molecule has 4 heterocycles. The molecular weight excluding hydrogens is 318 g/mol. The summed E-state index contributed by atoms with van der Waals surface area (Å²) in [6.45, 7) is 3.73. The summed E-state index contributed by atoms with van der Waals surface area (Å²) in [4.78, 5) is 22.1. The number of fused-ring (bicyclic) bond motifs is 1. The Hall–Kier alpha value is -1.62. The Morgan fingerprint density at radius 3 is 2.75 bits per heavy atom. The van der Waals surface area contributed by atoms with Gasteiger partial charge in [0.15, 0.2) is 0 Å². The Balaban J connectivity index is 1.51. The number of amides is 1. The average Bonchev–Trinajstić information content (AvgIpc) is 2.95. The number of hydrogen-bond donors (Lipinski definition) is 0. The van der Waals surface area contributed by atoms with Crippen molar-refractivity contribution in [3.8, 4) is 0 Å². The molecule has 1 amide bonds. The van der Waals surface area contributed by atoms with Crippen molar-refractivity contribution in [1.82, 2.24) is 9.88 Å². The fourth-order valence-corrected chi connectivity index (χ4v) is 4.83. The van der Waals surface area contributed by atoms with Crippen LogP contribution >= 0.6 is 11.3 Å². The molecule has 0 saturated carbocycles. The standard InChI is InChI=1S/C19H25N3OS/c23-19(21-10-3-1-2-4-11-21)15-6-5-12-22(14-15)18-16-8-13-24-17(16)7-9-20-18/h7-9,13,15H,1-6,10-12,14H2. The van der Waals surface area contributed by atoms with Gasteiger partial charge in [0.25, 0.3) is 0 Å². The molecule has 5 heteroatoms. The smallest absolute Gasteiger partial charge is 0.227 e. The van der Waals surface area contributed by atoms with Crippen LogP contribution in [0.4, 0.5) is 5.82 Å². The second-order valence-corrected chi connectivity index (χ2v) is 7.94. The van der Waals surface area contributed by atoms with E-state index in [-0.39, 0.29) is 5.92 Å². The minimum atomic E-state index is 0.132. The summed E-state index contributed by atoms with van der Waals surface area (Å²) in [6.07, 6.45) is 8.86. The third kappa shape index (κ3) is 3.14. The third-order valence-corrected chi connectivity index (χ3v) is 6.23. The number of carbonyl (C=O) groups excluding carboxylic acids is 1. The molecule has 128 valence electrons. The van der Waals surface area contributed by atoms with Gasteiger partial charge in [-0.1, -0.05) is 12.8 Å². The molecule has 24 heavy (non-hydrogen) atoms. The molecule has 0 aliphatic carbocycles. The molecular formula is C19H25N3OS. The molecule has 2 fully saturated rings. The number of aromatic nitrogens is 1. The SMILES string of the molecule is O=C(C1CCCN(c2nccc3sccc23)C1)N1CCCCCC1. The van der Waals surface area contributed by atoms with Gasteiger partial charge in [-0.05, 0) is 43.2 Å². The zero-order valence-corrected chi connectivity index (χ0v) is 14.9. The molecule has 0 bridgehead atoms. The first-order valence-electron chi connectivity index (χ1n) is 9.19. The van der Waals surface area contributed by atoms with Crippen molar-refractivity contribution in [3.63, 3.8) is 0 Å². The Labute approximate surface area is 147 Å². The molecule has 4 rings (SSSR count). The van der Waals surface area contributed by atoms with Crippen LogP contribution in [0.25, 0.3) is 10.1 Å². The van der Waals surface area contributed by atoms with E-state index < -0.39 is 0 Å². The Morgan fingerprint density at radius 2 is 1.92 bits per heavy atom. The van der Waals surface area contributed by atoms with Gasteiger partial charge < -0.3 is 9.80 Å². The second kappa shape index (κ2) is 7.09. The maximum Gasteiger partial charge on any atom is 0.227 e. The van der Waals surface area contributed by atoms with Crippen LogP contribution in [0, 0.1) is 5.92 Å². The van der Waals surface area contributed by atoms with E-state index in [1.54, 1.807) is 11.3 Å². The number of carbonyl (C=O) groups is 1. The van der Waals surface area contributed by atoms with E-state index in [9.17, 15) is 4.79 Å². The van der Waals surface area contributed by atoms with E-state index in [0.29, 0.717) is 5.91 Å². The van der Waals surface area contributed by atoms with Gasteiger partial charge in [0, 0.05) is 42.5 Å². The first-order chi connectivity index (χ1) is 11.8. The summed E-state index contributed by atoms with van der Waals surface area (Å²) < 4.78 is 1.28. The Bertz CT molecular complexity index is 705. The first-order valence-corrected chi connectivity index (χ1v) is 10.1. The summed E-state index contributed by atoms with van der Waals surface area (Å²) in [7, 11) is 0. The normalized spacial score (nSPS) is 22.6.